The van der Waals surface area contributed by atoms with Gasteiger partial charge >= 0.3 is 0 Å². The van der Waals surface area contributed by atoms with E-state index < -0.39 is 17.0 Å². The third-order valence-corrected chi connectivity index (χ3v) is 3.95. The van der Waals surface area contributed by atoms with Crippen LogP contribution in [0.25, 0.3) is 0 Å². The van der Waals surface area contributed by atoms with Crippen molar-refractivity contribution in [2.75, 3.05) is 6.61 Å². The van der Waals surface area contributed by atoms with Gasteiger partial charge in [0.05, 0.1) is 6.61 Å². The summed E-state index contributed by atoms with van der Waals surface area (Å²) in [6.07, 6.45) is 0.619. The van der Waals surface area contributed by atoms with E-state index in [4.69, 9.17) is 0 Å². The topological polar surface area (TPSA) is 20.2 Å². The number of hydrogen-bond donors (Lipinski definition) is 1. The number of rotatable bonds is 2. The second-order valence-corrected chi connectivity index (χ2v) is 5.35. The van der Waals surface area contributed by atoms with E-state index in [-0.39, 0.29) is 17.6 Å². The van der Waals surface area contributed by atoms with Crippen LogP contribution in [-0.2, 0) is 5.41 Å². The van der Waals surface area contributed by atoms with Crippen molar-refractivity contribution in [3.8, 4) is 0 Å². The van der Waals surface area contributed by atoms with Crippen LogP contribution in [0.4, 0.5) is 8.78 Å². The maximum atomic E-state index is 14.0. The van der Waals surface area contributed by atoms with E-state index in [1.165, 1.54) is 12.1 Å². The van der Waals surface area contributed by atoms with Crippen LogP contribution in [0.5, 0.6) is 0 Å². The summed E-state index contributed by atoms with van der Waals surface area (Å²) in [5.41, 5.74) is -0.503. The van der Waals surface area contributed by atoms with Crippen LogP contribution in [0, 0.1) is 24.0 Å². The Morgan fingerprint density at radius 3 is 2.31 bits per heavy atom. The molecule has 1 aromatic rings. The summed E-state index contributed by atoms with van der Waals surface area (Å²) >= 11 is 0. The minimum Gasteiger partial charge on any atom is -0.395 e. The molecule has 1 N–H and O–H groups in total. The van der Waals surface area contributed by atoms with Crippen LogP contribution in [0.15, 0.2) is 12.1 Å². The van der Waals surface area contributed by atoms with Gasteiger partial charge in [0.25, 0.3) is 0 Å². The molecule has 0 amide bonds. The van der Waals surface area contributed by atoms with Crippen LogP contribution in [0.1, 0.15) is 31.4 Å². The molecular weight excluding hydrogens is 210 g/mol. The number of halogens is 2. The molecule has 0 saturated heterocycles. The van der Waals surface area contributed by atoms with Gasteiger partial charge in [-0.05, 0) is 30.4 Å². The van der Waals surface area contributed by atoms with E-state index in [0.29, 0.717) is 12.0 Å². The molecule has 1 aromatic carbocycles. The fraction of sp³-hybridized carbons (Fsp3) is 0.538. The summed E-state index contributed by atoms with van der Waals surface area (Å²) in [4.78, 5) is 0. The first-order chi connectivity index (χ1) is 7.35. The molecule has 3 heteroatoms. The Balaban J connectivity index is 2.61. The lowest BCUT2D eigenvalue weighted by molar-refractivity contribution is 0.224. The molecule has 1 fully saturated rings. The molecule has 1 aliphatic carbocycles. The Kier molecular flexibility index (Phi) is 2.35. The van der Waals surface area contributed by atoms with Gasteiger partial charge < -0.3 is 5.11 Å². The van der Waals surface area contributed by atoms with Crippen molar-refractivity contribution in [1.29, 1.82) is 0 Å². The lowest BCUT2D eigenvalue weighted by atomic mass is 9.87. The number of aryl methyl sites for hydroxylation is 1. The highest BCUT2D eigenvalue weighted by Crippen LogP contribution is 2.64. The highest BCUT2D eigenvalue weighted by molar-refractivity contribution is 5.41. The number of benzene rings is 1. The molecule has 0 spiro atoms. The van der Waals surface area contributed by atoms with Crippen molar-refractivity contribution in [2.24, 2.45) is 5.41 Å². The smallest absolute Gasteiger partial charge is 0.132 e. The van der Waals surface area contributed by atoms with Crippen LogP contribution in [-0.4, -0.2) is 11.7 Å². The largest absolute Gasteiger partial charge is 0.395 e. The Bertz CT molecular complexity index is 440. The highest BCUT2D eigenvalue weighted by atomic mass is 19.1. The first-order valence-electron chi connectivity index (χ1n) is 5.42. The van der Waals surface area contributed by atoms with Crippen LogP contribution in [0.2, 0.25) is 0 Å². The third kappa shape index (κ3) is 1.31. The molecular formula is C13H16F2O. The molecule has 0 aliphatic heterocycles. The Labute approximate surface area is 94.1 Å². The van der Waals surface area contributed by atoms with Gasteiger partial charge in [0.15, 0.2) is 0 Å². The summed E-state index contributed by atoms with van der Waals surface area (Å²) in [7, 11) is 0. The summed E-state index contributed by atoms with van der Waals surface area (Å²) in [5, 5.41) is 9.45. The maximum absolute atomic E-state index is 14.0. The van der Waals surface area contributed by atoms with Crippen LogP contribution < -0.4 is 0 Å². The van der Waals surface area contributed by atoms with Crippen LogP contribution >= 0.6 is 0 Å². The minimum atomic E-state index is -0.743. The van der Waals surface area contributed by atoms with Gasteiger partial charge in [-0.3, -0.25) is 0 Å². The van der Waals surface area contributed by atoms with E-state index in [1.54, 1.807) is 6.92 Å². The average molecular weight is 226 g/mol. The van der Waals surface area contributed by atoms with Crippen molar-refractivity contribution in [3.63, 3.8) is 0 Å². The molecule has 16 heavy (non-hydrogen) atoms. The standard InChI is InChI=1S/C13H16F2O/c1-8-4-5-9(14)10(11(8)15)13(7-16)6-12(13,2)3/h4-5,16H,6-7H2,1-3H3. The lowest BCUT2D eigenvalue weighted by Gasteiger charge is -2.20. The lowest BCUT2D eigenvalue weighted by Crippen LogP contribution is -2.23. The molecule has 1 aliphatic rings. The average Bonchev–Trinajstić information content (AvgIpc) is 2.77. The summed E-state index contributed by atoms with van der Waals surface area (Å²) < 4.78 is 27.7. The molecule has 0 bridgehead atoms. The van der Waals surface area contributed by atoms with Crippen molar-refractivity contribution in [1.82, 2.24) is 0 Å². The molecule has 2 rings (SSSR count). The molecule has 1 atom stereocenters. The number of hydrogen-bond acceptors (Lipinski definition) is 1. The fourth-order valence-corrected chi connectivity index (χ4v) is 2.58. The normalized spacial score (nSPS) is 26.9. The van der Waals surface area contributed by atoms with E-state index >= 15 is 0 Å². The Hall–Kier alpha value is -0.960. The quantitative estimate of drug-likeness (QED) is 0.822. The Morgan fingerprint density at radius 1 is 1.31 bits per heavy atom. The predicted octanol–water partition coefficient (Wildman–Crippen LogP) is 2.93. The minimum absolute atomic E-state index is 0.0556. The van der Waals surface area contributed by atoms with E-state index in [9.17, 15) is 13.9 Å². The summed E-state index contributed by atoms with van der Waals surface area (Å²) in [6, 6.07) is 2.70. The Morgan fingerprint density at radius 2 is 1.88 bits per heavy atom. The van der Waals surface area contributed by atoms with Gasteiger partial charge in [0.1, 0.15) is 11.6 Å². The van der Waals surface area contributed by atoms with Crippen molar-refractivity contribution >= 4 is 0 Å². The second-order valence-electron chi connectivity index (χ2n) is 5.35. The van der Waals surface area contributed by atoms with E-state index in [0.717, 1.165) is 0 Å². The molecule has 0 heterocycles. The molecule has 1 unspecified atom stereocenters. The molecule has 0 radical (unpaired) electrons. The fourth-order valence-electron chi connectivity index (χ4n) is 2.58. The maximum Gasteiger partial charge on any atom is 0.132 e. The molecule has 88 valence electrons. The van der Waals surface area contributed by atoms with Gasteiger partial charge in [-0.2, -0.15) is 0 Å². The molecule has 0 aromatic heterocycles. The highest BCUT2D eigenvalue weighted by Gasteiger charge is 2.63. The van der Waals surface area contributed by atoms with E-state index in [2.05, 4.69) is 0 Å². The molecule has 1 nitrogen and oxygen atoms in total. The second kappa shape index (κ2) is 3.27. The van der Waals surface area contributed by atoms with Crippen molar-refractivity contribution < 1.29 is 13.9 Å². The third-order valence-electron chi connectivity index (χ3n) is 3.95. The van der Waals surface area contributed by atoms with E-state index in [1.807, 2.05) is 13.8 Å². The first kappa shape index (κ1) is 11.5. The summed E-state index contributed by atoms with van der Waals surface area (Å²) in [5.74, 6) is -1.07. The zero-order valence-corrected chi connectivity index (χ0v) is 9.77. The van der Waals surface area contributed by atoms with Crippen molar-refractivity contribution in [2.45, 2.75) is 32.6 Å². The van der Waals surface area contributed by atoms with Crippen LogP contribution in [0.3, 0.4) is 0 Å². The zero-order chi connectivity index (χ0) is 12.1. The molecule has 1 saturated carbocycles. The van der Waals surface area contributed by atoms with Gasteiger partial charge in [-0.15, -0.1) is 0 Å². The SMILES string of the molecule is Cc1ccc(F)c(C2(CO)CC2(C)C)c1F. The number of aliphatic hydroxyl groups excluding tert-OH is 1. The first-order valence-corrected chi connectivity index (χ1v) is 5.42. The van der Waals surface area contributed by atoms with Gasteiger partial charge in [0, 0.05) is 11.0 Å². The van der Waals surface area contributed by atoms with Gasteiger partial charge in [-0.1, -0.05) is 19.9 Å². The predicted molar refractivity (Wildman–Crippen MR) is 58.3 cm³/mol. The zero-order valence-electron chi connectivity index (χ0n) is 9.77. The monoisotopic (exact) mass is 226 g/mol. The summed E-state index contributed by atoms with van der Waals surface area (Å²) in [6.45, 7) is 5.24. The van der Waals surface area contributed by atoms with Crippen molar-refractivity contribution in [3.05, 3.63) is 34.9 Å². The van der Waals surface area contributed by atoms with Gasteiger partial charge in [0.2, 0.25) is 0 Å². The van der Waals surface area contributed by atoms with Gasteiger partial charge in [-0.25, -0.2) is 8.78 Å². The number of aliphatic hydroxyl groups is 1.